The minimum Gasteiger partial charge on any atom is -0.326 e. The van der Waals surface area contributed by atoms with Crippen molar-refractivity contribution in [1.82, 2.24) is 4.72 Å². The summed E-state index contributed by atoms with van der Waals surface area (Å²) in [6.45, 7) is 9.04. The van der Waals surface area contributed by atoms with E-state index in [1.807, 2.05) is 0 Å². The van der Waals surface area contributed by atoms with Gasteiger partial charge in [-0.1, -0.05) is 26.8 Å². The van der Waals surface area contributed by atoms with Crippen LogP contribution in [0.2, 0.25) is 0 Å². The summed E-state index contributed by atoms with van der Waals surface area (Å²) >= 11 is 0. The number of benzene rings is 1. The molecule has 110 valence electrons. The Hall–Kier alpha value is -1.66. The van der Waals surface area contributed by atoms with E-state index >= 15 is 0 Å². The van der Waals surface area contributed by atoms with Crippen LogP contribution in [0.3, 0.4) is 0 Å². The Morgan fingerprint density at radius 3 is 2.25 bits per heavy atom. The van der Waals surface area contributed by atoms with Crippen molar-refractivity contribution in [3.8, 4) is 0 Å². The van der Waals surface area contributed by atoms with Crippen molar-refractivity contribution >= 4 is 21.6 Å². The maximum atomic E-state index is 11.8. The third-order valence-corrected chi connectivity index (χ3v) is 3.96. The van der Waals surface area contributed by atoms with Gasteiger partial charge in [-0.25, -0.2) is 13.1 Å². The molecule has 0 aliphatic rings. The second kappa shape index (κ2) is 6.19. The Balaban J connectivity index is 2.84. The molecule has 1 amide bonds. The van der Waals surface area contributed by atoms with Gasteiger partial charge in [0.25, 0.3) is 0 Å². The van der Waals surface area contributed by atoms with E-state index in [1.165, 1.54) is 18.2 Å². The summed E-state index contributed by atoms with van der Waals surface area (Å²) in [5, 5.41) is 2.73. The number of rotatable bonds is 5. The lowest BCUT2D eigenvalue weighted by Gasteiger charge is -2.17. The Morgan fingerprint density at radius 1 is 1.25 bits per heavy atom. The van der Waals surface area contributed by atoms with Gasteiger partial charge in [-0.2, -0.15) is 0 Å². The lowest BCUT2D eigenvalue weighted by Crippen LogP contribution is -2.27. The number of hydrogen-bond acceptors (Lipinski definition) is 3. The van der Waals surface area contributed by atoms with Gasteiger partial charge in [-0.05, 0) is 24.3 Å². The van der Waals surface area contributed by atoms with E-state index in [2.05, 4.69) is 16.6 Å². The molecule has 6 heteroatoms. The maximum absolute atomic E-state index is 11.8. The minimum absolute atomic E-state index is 0.127. The highest BCUT2D eigenvalue weighted by Crippen LogP contribution is 2.19. The molecule has 0 aliphatic carbocycles. The zero-order valence-corrected chi connectivity index (χ0v) is 12.8. The topological polar surface area (TPSA) is 75.3 Å². The van der Waals surface area contributed by atoms with Crippen LogP contribution in [0.5, 0.6) is 0 Å². The van der Waals surface area contributed by atoms with Crippen LogP contribution in [0, 0.1) is 5.41 Å². The van der Waals surface area contributed by atoms with E-state index < -0.39 is 15.4 Å². The van der Waals surface area contributed by atoms with E-state index in [1.54, 1.807) is 32.9 Å². The third kappa shape index (κ3) is 4.47. The summed E-state index contributed by atoms with van der Waals surface area (Å²) < 4.78 is 26.1. The molecule has 0 bridgehead atoms. The van der Waals surface area contributed by atoms with Gasteiger partial charge >= 0.3 is 0 Å². The highest BCUT2D eigenvalue weighted by Gasteiger charge is 2.21. The van der Waals surface area contributed by atoms with Crippen LogP contribution in [0.15, 0.2) is 41.8 Å². The summed E-state index contributed by atoms with van der Waals surface area (Å²) in [5.74, 6) is -0.127. The fourth-order valence-electron chi connectivity index (χ4n) is 1.29. The average Bonchev–Trinajstić information content (AvgIpc) is 2.36. The maximum Gasteiger partial charge on any atom is 0.240 e. The second-order valence-electron chi connectivity index (χ2n) is 5.37. The molecule has 0 spiro atoms. The number of anilines is 1. The number of carbonyl (C=O) groups excluding carboxylic acids is 1. The predicted octanol–water partition coefficient (Wildman–Crippen LogP) is 2.14. The molecular formula is C14H20N2O3S. The number of carbonyl (C=O) groups is 1. The van der Waals surface area contributed by atoms with Crippen LogP contribution in [-0.2, 0) is 14.8 Å². The second-order valence-corrected chi connectivity index (χ2v) is 7.14. The van der Waals surface area contributed by atoms with Gasteiger partial charge in [0, 0.05) is 17.6 Å². The summed E-state index contributed by atoms with van der Waals surface area (Å²) in [4.78, 5) is 12.0. The lowest BCUT2D eigenvalue weighted by atomic mass is 9.95. The van der Waals surface area contributed by atoms with Crippen LogP contribution in [0.1, 0.15) is 20.8 Å². The van der Waals surface area contributed by atoms with Crippen LogP contribution < -0.4 is 10.0 Å². The van der Waals surface area contributed by atoms with Crippen molar-refractivity contribution in [2.45, 2.75) is 25.7 Å². The molecule has 0 unspecified atom stereocenters. The molecule has 2 N–H and O–H groups in total. The molecule has 20 heavy (non-hydrogen) atoms. The molecule has 0 heterocycles. The van der Waals surface area contributed by atoms with E-state index in [0.29, 0.717) is 5.69 Å². The fourth-order valence-corrected chi connectivity index (χ4v) is 2.29. The Labute approximate surface area is 120 Å². The van der Waals surface area contributed by atoms with Crippen molar-refractivity contribution in [2.24, 2.45) is 5.41 Å². The Bertz CT molecular complexity index is 584. The number of amides is 1. The van der Waals surface area contributed by atoms with E-state index in [0.717, 1.165) is 0 Å². The third-order valence-electron chi connectivity index (χ3n) is 2.52. The molecule has 5 nitrogen and oxygen atoms in total. The van der Waals surface area contributed by atoms with E-state index in [9.17, 15) is 13.2 Å². The van der Waals surface area contributed by atoms with Gasteiger partial charge in [-0.15, -0.1) is 6.58 Å². The first kappa shape index (κ1) is 16.4. The van der Waals surface area contributed by atoms with Crippen LogP contribution in [0.4, 0.5) is 5.69 Å². The molecule has 0 saturated carbocycles. The smallest absolute Gasteiger partial charge is 0.240 e. The fraction of sp³-hybridized carbons (Fsp3) is 0.357. The SMILES string of the molecule is C=CCNS(=O)(=O)c1ccc(NC(=O)C(C)(C)C)cc1. The standard InChI is InChI=1S/C14H20N2O3S/c1-5-10-15-20(18,19)12-8-6-11(7-9-12)16-13(17)14(2,3)4/h5-9,15H,1,10H2,2-4H3,(H,16,17). The first-order valence-electron chi connectivity index (χ1n) is 6.19. The molecule has 0 aromatic heterocycles. The quantitative estimate of drug-likeness (QED) is 0.817. The first-order chi connectivity index (χ1) is 9.16. The summed E-state index contributed by atoms with van der Waals surface area (Å²) in [5.41, 5.74) is 0.0589. The van der Waals surface area contributed by atoms with Crippen molar-refractivity contribution in [3.05, 3.63) is 36.9 Å². The van der Waals surface area contributed by atoms with Crippen LogP contribution in [0.25, 0.3) is 0 Å². The zero-order valence-electron chi connectivity index (χ0n) is 11.9. The van der Waals surface area contributed by atoms with Crippen LogP contribution in [-0.4, -0.2) is 20.9 Å². The molecule has 1 rings (SSSR count). The molecule has 0 aliphatic heterocycles. The highest BCUT2D eigenvalue weighted by molar-refractivity contribution is 7.89. The number of hydrogen-bond donors (Lipinski definition) is 2. The highest BCUT2D eigenvalue weighted by atomic mass is 32.2. The first-order valence-corrected chi connectivity index (χ1v) is 7.67. The van der Waals surface area contributed by atoms with Gasteiger partial charge < -0.3 is 5.32 Å². The average molecular weight is 296 g/mol. The molecule has 0 radical (unpaired) electrons. The molecule has 1 aromatic carbocycles. The van der Waals surface area contributed by atoms with Gasteiger partial charge in [0.1, 0.15) is 0 Å². The van der Waals surface area contributed by atoms with Crippen molar-refractivity contribution in [3.63, 3.8) is 0 Å². The zero-order chi connectivity index (χ0) is 15.4. The Kier molecular flexibility index (Phi) is 5.08. The van der Waals surface area contributed by atoms with Gasteiger partial charge in [0.05, 0.1) is 4.90 Å². The van der Waals surface area contributed by atoms with Crippen molar-refractivity contribution in [1.29, 1.82) is 0 Å². The van der Waals surface area contributed by atoms with Gasteiger partial charge in [0.2, 0.25) is 15.9 Å². The predicted molar refractivity (Wildman–Crippen MR) is 79.9 cm³/mol. The summed E-state index contributed by atoms with van der Waals surface area (Å²) in [6, 6.07) is 6.02. The largest absolute Gasteiger partial charge is 0.326 e. The molecule has 1 aromatic rings. The summed E-state index contributed by atoms with van der Waals surface area (Å²) in [7, 11) is -3.53. The van der Waals surface area contributed by atoms with Crippen molar-refractivity contribution in [2.75, 3.05) is 11.9 Å². The number of nitrogens with one attached hydrogen (secondary N) is 2. The normalized spacial score (nSPS) is 11.9. The number of sulfonamides is 1. The molecule has 0 atom stereocenters. The Morgan fingerprint density at radius 2 is 1.80 bits per heavy atom. The lowest BCUT2D eigenvalue weighted by molar-refractivity contribution is -0.123. The van der Waals surface area contributed by atoms with Gasteiger partial charge in [-0.3, -0.25) is 4.79 Å². The molecular weight excluding hydrogens is 276 g/mol. The van der Waals surface area contributed by atoms with Crippen LogP contribution >= 0.6 is 0 Å². The van der Waals surface area contributed by atoms with Gasteiger partial charge in [0.15, 0.2) is 0 Å². The van der Waals surface area contributed by atoms with E-state index in [4.69, 9.17) is 0 Å². The van der Waals surface area contributed by atoms with Crippen molar-refractivity contribution < 1.29 is 13.2 Å². The minimum atomic E-state index is -3.53. The molecule has 0 saturated heterocycles. The monoisotopic (exact) mass is 296 g/mol. The van der Waals surface area contributed by atoms with E-state index in [-0.39, 0.29) is 17.3 Å². The summed E-state index contributed by atoms with van der Waals surface area (Å²) in [6.07, 6.45) is 1.47. The molecule has 0 fully saturated rings.